The number of aromatic nitrogens is 2. The Morgan fingerprint density at radius 3 is 2.63 bits per heavy atom. The van der Waals surface area contributed by atoms with Crippen molar-refractivity contribution in [1.29, 1.82) is 0 Å². The number of nitrogens with zero attached hydrogens (tertiary/aromatic N) is 2. The molecule has 0 spiro atoms. The van der Waals surface area contributed by atoms with Crippen LogP contribution in [0.15, 0.2) is 47.7 Å². The highest BCUT2D eigenvalue weighted by molar-refractivity contribution is 5.93. The third-order valence-electron chi connectivity index (χ3n) is 3.81. The van der Waals surface area contributed by atoms with Gasteiger partial charge in [-0.3, -0.25) is 14.6 Å². The third-order valence-corrected chi connectivity index (χ3v) is 3.81. The molecule has 0 aliphatic carbocycles. The number of hydrogen-bond donors (Lipinski definition) is 1. The van der Waals surface area contributed by atoms with Gasteiger partial charge in [0.25, 0.3) is 5.56 Å². The van der Waals surface area contributed by atoms with E-state index in [0.29, 0.717) is 16.5 Å². The minimum absolute atomic E-state index is 0.202. The van der Waals surface area contributed by atoms with E-state index in [9.17, 15) is 14.0 Å². The molecule has 0 aliphatic heterocycles. The summed E-state index contributed by atoms with van der Waals surface area (Å²) in [6.07, 6.45) is 4.49. The Hall–Kier alpha value is -3.22. The van der Waals surface area contributed by atoms with E-state index in [1.54, 1.807) is 25.1 Å². The van der Waals surface area contributed by atoms with Crippen molar-refractivity contribution >= 4 is 28.1 Å². The van der Waals surface area contributed by atoms with Crippen LogP contribution in [0.1, 0.15) is 19.4 Å². The first-order valence-electron chi connectivity index (χ1n) is 8.56. The Morgan fingerprint density at radius 1 is 1.22 bits per heavy atom. The van der Waals surface area contributed by atoms with Gasteiger partial charge in [-0.1, -0.05) is 19.9 Å². The summed E-state index contributed by atoms with van der Waals surface area (Å²) in [5.74, 6) is -0.961. The van der Waals surface area contributed by atoms with Gasteiger partial charge in [0.1, 0.15) is 12.4 Å². The van der Waals surface area contributed by atoms with Gasteiger partial charge in [0, 0.05) is 17.8 Å². The van der Waals surface area contributed by atoms with Gasteiger partial charge in [-0.2, -0.15) is 0 Å². The van der Waals surface area contributed by atoms with Crippen molar-refractivity contribution < 1.29 is 13.9 Å². The molecule has 0 unspecified atom stereocenters. The minimum atomic E-state index is -0.533. The normalized spacial score (nSPS) is 10.1. The summed E-state index contributed by atoms with van der Waals surface area (Å²) in [6.45, 7) is 5.59. The smallest absolute Gasteiger partial charge is 0.325 e. The summed E-state index contributed by atoms with van der Waals surface area (Å²) in [7, 11) is 1.26. The van der Waals surface area contributed by atoms with Crippen LogP contribution in [0.2, 0.25) is 0 Å². The number of rotatable bonds is 4. The van der Waals surface area contributed by atoms with Crippen LogP contribution in [0.25, 0.3) is 10.8 Å². The number of nitrogens with one attached hydrogen (secondary N) is 1. The number of carbonyl (C=O) groups excluding carboxylic acids is 1. The zero-order valence-electron chi connectivity index (χ0n) is 15.7. The van der Waals surface area contributed by atoms with Gasteiger partial charge >= 0.3 is 5.97 Å². The minimum Gasteiger partial charge on any atom is -0.468 e. The second-order valence-electron chi connectivity index (χ2n) is 5.58. The highest BCUT2D eigenvalue weighted by atomic mass is 19.1. The molecular formula is C20H22FN3O3. The molecule has 0 fully saturated rings. The van der Waals surface area contributed by atoms with E-state index in [-0.39, 0.29) is 17.8 Å². The molecule has 0 aliphatic rings. The summed E-state index contributed by atoms with van der Waals surface area (Å²) in [4.78, 5) is 28.3. The fraction of sp³-hybridized carbons (Fsp3) is 0.250. The molecule has 1 N–H and O–H groups in total. The summed E-state index contributed by atoms with van der Waals surface area (Å²) in [6, 6.07) is 6.43. The van der Waals surface area contributed by atoms with Crippen molar-refractivity contribution in [2.45, 2.75) is 27.3 Å². The molecule has 0 saturated heterocycles. The maximum Gasteiger partial charge on any atom is 0.325 e. The average molecular weight is 371 g/mol. The molecule has 6 nitrogen and oxygen atoms in total. The lowest BCUT2D eigenvalue weighted by atomic mass is 10.1. The first-order chi connectivity index (χ1) is 13.0. The summed E-state index contributed by atoms with van der Waals surface area (Å²) >= 11 is 0. The van der Waals surface area contributed by atoms with E-state index in [1.165, 1.54) is 36.3 Å². The summed E-state index contributed by atoms with van der Waals surface area (Å²) < 4.78 is 19.9. The molecule has 1 aromatic carbocycles. The Morgan fingerprint density at radius 2 is 1.96 bits per heavy atom. The number of carbonyl (C=O) groups is 1. The van der Waals surface area contributed by atoms with Crippen molar-refractivity contribution in [1.82, 2.24) is 9.55 Å². The van der Waals surface area contributed by atoms with Crippen LogP contribution in [0.5, 0.6) is 0 Å². The Labute approximate surface area is 156 Å². The largest absolute Gasteiger partial charge is 0.468 e. The van der Waals surface area contributed by atoms with E-state index in [4.69, 9.17) is 0 Å². The fourth-order valence-corrected chi connectivity index (χ4v) is 2.51. The van der Waals surface area contributed by atoms with Crippen LogP contribution >= 0.6 is 0 Å². The Kier molecular flexibility index (Phi) is 6.65. The zero-order valence-corrected chi connectivity index (χ0v) is 15.7. The molecule has 2 heterocycles. The molecule has 142 valence electrons. The fourth-order valence-electron chi connectivity index (χ4n) is 2.51. The summed E-state index contributed by atoms with van der Waals surface area (Å²) in [5, 5.41) is 3.82. The zero-order chi connectivity index (χ0) is 20.0. The number of benzene rings is 1. The first kappa shape index (κ1) is 20.1. The standard InChI is InChI=1S/C18H16FN3O3.C2H6/c1-11-3-4-14(13(19)7-11)21-15-9-20-8-12-5-6-22(10-16(23)25-2)18(24)17(12)15;1-2/h3-9,21H,10H2,1-2H3;1-2H3. The maximum absolute atomic E-state index is 14.1. The number of fused-ring (bicyclic) bond motifs is 1. The van der Waals surface area contributed by atoms with Crippen LogP contribution in [-0.2, 0) is 16.1 Å². The molecule has 0 saturated carbocycles. The molecule has 0 atom stereocenters. The van der Waals surface area contributed by atoms with Crippen molar-refractivity contribution in [2.24, 2.45) is 0 Å². The van der Waals surface area contributed by atoms with E-state index >= 15 is 0 Å². The SMILES string of the molecule is CC.COC(=O)Cn1ccc2cncc(Nc3ccc(C)cc3F)c2c1=O. The topological polar surface area (TPSA) is 73.2 Å². The lowest BCUT2D eigenvalue weighted by Crippen LogP contribution is -2.24. The highest BCUT2D eigenvalue weighted by Crippen LogP contribution is 2.25. The van der Waals surface area contributed by atoms with Gasteiger partial charge < -0.3 is 14.6 Å². The summed E-state index contributed by atoms with van der Waals surface area (Å²) in [5.41, 5.74) is 1.01. The van der Waals surface area contributed by atoms with E-state index in [0.717, 1.165) is 5.56 Å². The van der Waals surface area contributed by atoms with Gasteiger partial charge in [0.05, 0.1) is 30.1 Å². The van der Waals surface area contributed by atoms with Gasteiger partial charge in [-0.05, 0) is 30.7 Å². The van der Waals surface area contributed by atoms with Crippen molar-refractivity contribution in [3.63, 3.8) is 0 Å². The molecule has 27 heavy (non-hydrogen) atoms. The molecule has 3 aromatic rings. The van der Waals surface area contributed by atoms with Crippen LogP contribution in [-0.4, -0.2) is 22.6 Å². The van der Waals surface area contributed by atoms with Crippen LogP contribution in [0, 0.1) is 12.7 Å². The molecule has 0 bridgehead atoms. The van der Waals surface area contributed by atoms with E-state index in [2.05, 4.69) is 15.0 Å². The highest BCUT2D eigenvalue weighted by Gasteiger charge is 2.12. The molecular weight excluding hydrogens is 349 g/mol. The van der Waals surface area contributed by atoms with Crippen molar-refractivity contribution in [2.75, 3.05) is 12.4 Å². The maximum atomic E-state index is 14.1. The number of halogens is 1. The number of hydrogen-bond acceptors (Lipinski definition) is 5. The molecule has 3 rings (SSSR count). The predicted octanol–water partition coefficient (Wildman–Crippen LogP) is 3.79. The molecule has 7 heteroatoms. The van der Waals surface area contributed by atoms with Crippen LogP contribution in [0.3, 0.4) is 0 Å². The van der Waals surface area contributed by atoms with Crippen LogP contribution < -0.4 is 10.9 Å². The quantitative estimate of drug-likeness (QED) is 0.707. The van der Waals surface area contributed by atoms with E-state index < -0.39 is 11.8 Å². The number of ether oxygens (including phenoxy) is 1. The number of aryl methyl sites for hydroxylation is 1. The van der Waals surface area contributed by atoms with Crippen molar-refractivity contribution in [3.8, 4) is 0 Å². The molecule has 2 aromatic heterocycles. The lowest BCUT2D eigenvalue weighted by molar-refractivity contribution is -0.141. The van der Waals surface area contributed by atoms with Crippen molar-refractivity contribution in [3.05, 3.63) is 64.6 Å². The van der Waals surface area contributed by atoms with Gasteiger partial charge in [-0.15, -0.1) is 0 Å². The Balaban J connectivity index is 0.00000126. The first-order valence-corrected chi connectivity index (χ1v) is 8.56. The second kappa shape index (κ2) is 8.93. The lowest BCUT2D eigenvalue weighted by Gasteiger charge is -2.12. The van der Waals surface area contributed by atoms with Gasteiger partial charge in [0.2, 0.25) is 0 Å². The van der Waals surface area contributed by atoms with Gasteiger partial charge in [0.15, 0.2) is 0 Å². The monoisotopic (exact) mass is 371 g/mol. The average Bonchev–Trinajstić information content (AvgIpc) is 2.67. The third kappa shape index (κ3) is 4.49. The Bertz CT molecular complexity index is 1020. The number of esters is 1. The molecule has 0 radical (unpaired) electrons. The second-order valence-corrected chi connectivity index (χ2v) is 5.58. The van der Waals surface area contributed by atoms with Gasteiger partial charge in [-0.25, -0.2) is 4.39 Å². The van der Waals surface area contributed by atoms with Crippen LogP contribution in [0.4, 0.5) is 15.8 Å². The number of pyridine rings is 2. The predicted molar refractivity (Wildman–Crippen MR) is 104 cm³/mol. The van der Waals surface area contributed by atoms with E-state index in [1.807, 2.05) is 13.8 Å². The molecule has 0 amide bonds. The number of methoxy groups -OCH3 is 1. The number of anilines is 2.